The number of halogens is 3. The number of hydrogen-bond acceptors (Lipinski definition) is 2. The van der Waals surface area contributed by atoms with Crippen LogP contribution in [0.5, 0.6) is 0 Å². The first-order chi connectivity index (χ1) is 8.16. The van der Waals surface area contributed by atoms with E-state index in [4.69, 9.17) is 0 Å². The van der Waals surface area contributed by atoms with Gasteiger partial charge in [0.1, 0.15) is 5.82 Å². The van der Waals surface area contributed by atoms with Crippen LogP contribution in [0.15, 0.2) is 18.3 Å². The van der Waals surface area contributed by atoms with Gasteiger partial charge in [-0.15, -0.1) is 0 Å². The lowest BCUT2D eigenvalue weighted by atomic mass is 9.98. The van der Waals surface area contributed by atoms with Gasteiger partial charge in [0.15, 0.2) is 0 Å². The Morgan fingerprint density at radius 2 is 2.29 bits per heavy atom. The molecule has 1 unspecified atom stereocenters. The zero-order chi connectivity index (χ0) is 12.3. The molecule has 2 heterocycles. The van der Waals surface area contributed by atoms with Gasteiger partial charge in [-0.05, 0) is 31.5 Å². The maximum atomic E-state index is 13.4. The van der Waals surface area contributed by atoms with E-state index in [2.05, 4.69) is 4.98 Å². The van der Waals surface area contributed by atoms with Crippen molar-refractivity contribution in [3.8, 4) is 0 Å². The van der Waals surface area contributed by atoms with Crippen LogP contribution in [-0.4, -0.2) is 29.4 Å². The molecule has 0 N–H and O–H groups in total. The molecule has 1 fully saturated rings. The Kier molecular flexibility index (Phi) is 3.99. The minimum atomic E-state index is -2.29. The summed E-state index contributed by atoms with van der Waals surface area (Å²) >= 11 is 0. The third-order valence-corrected chi connectivity index (χ3v) is 3.11. The average molecular weight is 244 g/mol. The molecule has 0 spiro atoms. The minimum Gasteiger partial charge on any atom is -0.297 e. The highest BCUT2D eigenvalue weighted by Crippen LogP contribution is 2.23. The van der Waals surface area contributed by atoms with Crippen LogP contribution in [0.2, 0.25) is 0 Å². The molecule has 0 bridgehead atoms. The second kappa shape index (κ2) is 5.49. The van der Waals surface area contributed by atoms with Crippen LogP contribution in [-0.2, 0) is 6.54 Å². The highest BCUT2D eigenvalue weighted by atomic mass is 19.3. The SMILES string of the molecule is Fc1cccnc1CN1CCCC(C(F)F)C1. The molecule has 0 saturated carbocycles. The Labute approximate surface area is 98.5 Å². The van der Waals surface area contributed by atoms with E-state index in [1.54, 1.807) is 0 Å². The number of piperidine rings is 1. The van der Waals surface area contributed by atoms with E-state index in [1.165, 1.54) is 18.3 Å². The number of rotatable bonds is 3. The minimum absolute atomic E-state index is 0.315. The first-order valence-electron chi connectivity index (χ1n) is 5.76. The molecule has 1 atom stereocenters. The normalized spacial score (nSPS) is 22.0. The van der Waals surface area contributed by atoms with Gasteiger partial charge in [-0.2, -0.15) is 0 Å². The molecule has 0 aliphatic carbocycles. The average Bonchev–Trinajstić information content (AvgIpc) is 2.32. The molecule has 2 nitrogen and oxygen atoms in total. The largest absolute Gasteiger partial charge is 0.297 e. The Balaban J connectivity index is 1.97. The van der Waals surface area contributed by atoms with Crippen molar-refractivity contribution in [2.45, 2.75) is 25.8 Å². The van der Waals surface area contributed by atoms with E-state index in [0.29, 0.717) is 25.2 Å². The lowest BCUT2D eigenvalue weighted by Crippen LogP contribution is -2.38. The number of aromatic nitrogens is 1. The fraction of sp³-hybridized carbons (Fsp3) is 0.583. The van der Waals surface area contributed by atoms with Crippen molar-refractivity contribution in [3.63, 3.8) is 0 Å². The van der Waals surface area contributed by atoms with Crippen molar-refractivity contribution in [3.05, 3.63) is 29.8 Å². The van der Waals surface area contributed by atoms with Gasteiger partial charge in [-0.1, -0.05) is 0 Å². The van der Waals surface area contributed by atoms with Crippen LogP contribution >= 0.6 is 0 Å². The van der Waals surface area contributed by atoms with Crippen molar-refractivity contribution in [2.75, 3.05) is 13.1 Å². The Bertz CT molecular complexity index is 371. The summed E-state index contributed by atoms with van der Waals surface area (Å²) in [4.78, 5) is 5.79. The van der Waals surface area contributed by atoms with Crippen molar-refractivity contribution in [1.82, 2.24) is 9.88 Å². The Hall–Kier alpha value is -1.10. The molecule has 0 amide bonds. The maximum absolute atomic E-state index is 13.4. The second-order valence-corrected chi connectivity index (χ2v) is 4.40. The number of hydrogen-bond donors (Lipinski definition) is 0. The molecule has 1 aliphatic rings. The topological polar surface area (TPSA) is 16.1 Å². The number of nitrogens with zero attached hydrogens (tertiary/aromatic N) is 2. The van der Waals surface area contributed by atoms with Crippen LogP contribution in [0.1, 0.15) is 18.5 Å². The summed E-state index contributed by atoms with van der Waals surface area (Å²) in [5.41, 5.74) is 0.336. The molecular formula is C12H15F3N2. The number of alkyl halides is 2. The second-order valence-electron chi connectivity index (χ2n) is 4.40. The van der Waals surface area contributed by atoms with E-state index in [1.807, 2.05) is 4.90 Å². The monoisotopic (exact) mass is 244 g/mol. The van der Waals surface area contributed by atoms with Crippen LogP contribution in [0, 0.1) is 11.7 Å². The molecule has 1 aromatic rings. The van der Waals surface area contributed by atoms with Gasteiger partial charge >= 0.3 is 0 Å². The van der Waals surface area contributed by atoms with E-state index in [0.717, 1.165) is 13.0 Å². The van der Waals surface area contributed by atoms with Crippen molar-refractivity contribution in [1.29, 1.82) is 0 Å². The molecule has 1 aromatic heterocycles. The van der Waals surface area contributed by atoms with Gasteiger partial charge in [0, 0.05) is 25.2 Å². The van der Waals surface area contributed by atoms with E-state index >= 15 is 0 Å². The van der Waals surface area contributed by atoms with Gasteiger partial charge in [-0.25, -0.2) is 13.2 Å². The van der Waals surface area contributed by atoms with Gasteiger partial charge < -0.3 is 0 Å². The summed E-state index contributed by atoms with van der Waals surface area (Å²) in [5.74, 6) is -0.956. The molecular weight excluding hydrogens is 229 g/mol. The van der Waals surface area contributed by atoms with Gasteiger partial charge in [-0.3, -0.25) is 9.88 Å². The predicted octanol–water partition coefficient (Wildman–Crippen LogP) is 2.70. The number of pyridine rings is 1. The lowest BCUT2D eigenvalue weighted by Gasteiger charge is -2.31. The molecule has 5 heteroatoms. The summed E-state index contributed by atoms with van der Waals surface area (Å²) in [6.07, 6.45) is 0.529. The lowest BCUT2D eigenvalue weighted by molar-refractivity contribution is 0.0247. The molecule has 0 aromatic carbocycles. The van der Waals surface area contributed by atoms with E-state index < -0.39 is 12.3 Å². The Morgan fingerprint density at radius 1 is 1.47 bits per heavy atom. The quantitative estimate of drug-likeness (QED) is 0.812. The first kappa shape index (κ1) is 12.4. The number of likely N-dealkylation sites (tertiary alicyclic amines) is 1. The zero-order valence-electron chi connectivity index (χ0n) is 9.45. The molecule has 1 aliphatic heterocycles. The van der Waals surface area contributed by atoms with Gasteiger partial charge in [0.2, 0.25) is 6.43 Å². The third kappa shape index (κ3) is 3.19. The van der Waals surface area contributed by atoms with Crippen molar-refractivity contribution < 1.29 is 13.2 Å². The predicted molar refractivity (Wildman–Crippen MR) is 58.2 cm³/mol. The molecule has 94 valence electrons. The van der Waals surface area contributed by atoms with Crippen LogP contribution in [0.25, 0.3) is 0 Å². The van der Waals surface area contributed by atoms with Crippen LogP contribution in [0.4, 0.5) is 13.2 Å². The summed E-state index contributed by atoms with van der Waals surface area (Å²) in [6.45, 7) is 1.38. The fourth-order valence-corrected chi connectivity index (χ4v) is 2.19. The van der Waals surface area contributed by atoms with Gasteiger partial charge in [0.25, 0.3) is 0 Å². The van der Waals surface area contributed by atoms with E-state index in [9.17, 15) is 13.2 Å². The van der Waals surface area contributed by atoms with Crippen LogP contribution in [0.3, 0.4) is 0 Å². The van der Waals surface area contributed by atoms with Crippen LogP contribution < -0.4 is 0 Å². The summed E-state index contributed by atoms with van der Waals surface area (Å²) in [5, 5.41) is 0. The molecule has 17 heavy (non-hydrogen) atoms. The summed E-state index contributed by atoms with van der Waals surface area (Å²) in [6, 6.07) is 2.87. The Morgan fingerprint density at radius 3 is 3.00 bits per heavy atom. The molecule has 1 saturated heterocycles. The first-order valence-corrected chi connectivity index (χ1v) is 5.76. The summed E-state index contributed by atoms with van der Waals surface area (Å²) in [7, 11) is 0. The van der Waals surface area contributed by atoms with Gasteiger partial charge in [0.05, 0.1) is 5.69 Å². The van der Waals surface area contributed by atoms with Crippen molar-refractivity contribution >= 4 is 0 Å². The highest BCUT2D eigenvalue weighted by molar-refractivity contribution is 5.07. The third-order valence-electron chi connectivity index (χ3n) is 3.11. The molecule has 0 radical (unpaired) electrons. The van der Waals surface area contributed by atoms with E-state index in [-0.39, 0.29) is 5.82 Å². The standard InChI is InChI=1S/C12H15F3N2/c13-10-4-1-5-16-11(10)8-17-6-2-3-9(7-17)12(14)15/h1,4-5,9,12H,2-3,6-8H2. The zero-order valence-corrected chi connectivity index (χ0v) is 9.45. The smallest absolute Gasteiger partial charge is 0.242 e. The molecule has 2 rings (SSSR count). The van der Waals surface area contributed by atoms with Crippen molar-refractivity contribution in [2.24, 2.45) is 5.92 Å². The fourth-order valence-electron chi connectivity index (χ4n) is 2.19. The maximum Gasteiger partial charge on any atom is 0.242 e. The summed E-state index contributed by atoms with van der Waals surface area (Å²) < 4.78 is 38.6. The highest BCUT2D eigenvalue weighted by Gasteiger charge is 2.27.